The van der Waals surface area contributed by atoms with Crippen molar-refractivity contribution in [3.05, 3.63) is 29.8 Å². The molecule has 2 N–H and O–H groups in total. The zero-order chi connectivity index (χ0) is 17.9. The van der Waals surface area contributed by atoms with E-state index in [9.17, 15) is 14.4 Å². The predicted octanol–water partition coefficient (Wildman–Crippen LogP) is 2.01. The van der Waals surface area contributed by atoms with Crippen LogP contribution >= 0.6 is 24.2 Å². The summed E-state index contributed by atoms with van der Waals surface area (Å²) in [7, 11) is 1.57. The molecule has 3 amide bonds. The van der Waals surface area contributed by atoms with Crippen molar-refractivity contribution in [1.82, 2.24) is 10.2 Å². The summed E-state index contributed by atoms with van der Waals surface area (Å²) >= 11 is 1.02. The number of benzene rings is 1. The van der Waals surface area contributed by atoms with Gasteiger partial charge in [-0.25, -0.2) is 0 Å². The molecule has 1 aromatic rings. The van der Waals surface area contributed by atoms with E-state index in [1.807, 2.05) is 0 Å². The number of nitrogens with one attached hydrogen (secondary N) is 2. The van der Waals surface area contributed by atoms with Gasteiger partial charge in [0.15, 0.2) is 0 Å². The molecule has 0 aliphatic carbocycles. The molecule has 0 atom stereocenters. The molecule has 142 valence electrons. The maximum atomic E-state index is 12.6. The summed E-state index contributed by atoms with van der Waals surface area (Å²) in [6.07, 6.45) is 1.26. The molecule has 9 heteroatoms. The minimum atomic E-state index is -0.796. The average molecular weight is 400 g/mol. The molecule has 0 radical (unpaired) electrons. The Bertz CT molecular complexity index is 661. The van der Waals surface area contributed by atoms with Crippen LogP contribution in [0, 0.1) is 0 Å². The van der Waals surface area contributed by atoms with Gasteiger partial charge in [-0.05, 0) is 43.6 Å². The van der Waals surface area contributed by atoms with E-state index in [2.05, 4.69) is 10.6 Å². The van der Waals surface area contributed by atoms with Gasteiger partial charge in [0.2, 0.25) is 5.91 Å². The minimum Gasteiger partial charge on any atom is -0.368 e. The van der Waals surface area contributed by atoms with E-state index in [1.54, 1.807) is 31.4 Å². The van der Waals surface area contributed by atoms with Crippen LogP contribution in [0.15, 0.2) is 24.3 Å². The Balaban J connectivity index is 0.00000243. The first-order chi connectivity index (χ1) is 12.0. The third-order valence-corrected chi connectivity index (χ3v) is 5.47. The van der Waals surface area contributed by atoms with Gasteiger partial charge in [0.05, 0.1) is 12.3 Å². The Kier molecular flexibility index (Phi) is 7.05. The number of methoxy groups -OCH3 is 1. The first-order valence-corrected chi connectivity index (χ1v) is 9.16. The van der Waals surface area contributed by atoms with Crippen molar-refractivity contribution in [1.29, 1.82) is 0 Å². The summed E-state index contributed by atoms with van der Waals surface area (Å²) in [6, 6.07) is 7.16. The Morgan fingerprint density at radius 2 is 1.92 bits per heavy atom. The van der Waals surface area contributed by atoms with Gasteiger partial charge in [-0.15, -0.1) is 12.4 Å². The third kappa shape index (κ3) is 4.37. The topological polar surface area (TPSA) is 87.7 Å². The number of ether oxygens (including phenoxy) is 1. The van der Waals surface area contributed by atoms with Crippen LogP contribution in [0.3, 0.4) is 0 Å². The lowest BCUT2D eigenvalue weighted by Crippen LogP contribution is -2.51. The normalized spacial score (nSPS) is 19.2. The lowest BCUT2D eigenvalue weighted by atomic mass is 9.91. The summed E-state index contributed by atoms with van der Waals surface area (Å²) < 4.78 is 5.51. The number of nitrogens with zero attached hydrogens (tertiary/aromatic N) is 1. The standard InChI is InChI=1S/C17H21N3O4S.ClH/c1-24-17(6-8-18-9-7-17)15(22)19-13-4-2-12(3-5-13)10-20-14(21)11-25-16(20)23;/h2-5,18H,6-11H2,1H3,(H,19,22);1H. The molecule has 0 aromatic heterocycles. The fourth-order valence-corrected chi connectivity index (χ4v) is 3.73. The number of anilines is 1. The maximum absolute atomic E-state index is 12.6. The minimum absolute atomic E-state index is 0. The van der Waals surface area contributed by atoms with Crippen LogP contribution in [-0.2, 0) is 20.9 Å². The first-order valence-electron chi connectivity index (χ1n) is 8.17. The highest BCUT2D eigenvalue weighted by molar-refractivity contribution is 8.14. The van der Waals surface area contributed by atoms with Crippen molar-refractivity contribution in [2.45, 2.75) is 25.0 Å². The molecule has 2 aliphatic rings. The predicted molar refractivity (Wildman–Crippen MR) is 103 cm³/mol. The number of imide groups is 1. The monoisotopic (exact) mass is 399 g/mol. The van der Waals surface area contributed by atoms with Gasteiger partial charge in [0, 0.05) is 12.8 Å². The van der Waals surface area contributed by atoms with Crippen LogP contribution in [0.1, 0.15) is 18.4 Å². The first kappa shape index (κ1) is 20.7. The molecule has 26 heavy (non-hydrogen) atoms. The fraction of sp³-hybridized carbons (Fsp3) is 0.471. The van der Waals surface area contributed by atoms with Gasteiger partial charge in [0.1, 0.15) is 5.60 Å². The number of halogens is 1. The van der Waals surface area contributed by atoms with E-state index in [4.69, 9.17) is 4.74 Å². The number of piperidine rings is 1. The van der Waals surface area contributed by atoms with Crippen molar-refractivity contribution in [2.75, 3.05) is 31.3 Å². The van der Waals surface area contributed by atoms with E-state index in [1.165, 1.54) is 4.90 Å². The lowest BCUT2D eigenvalue weighted by Gasteiger charge is -2.34. The van der Waals surface area contributed by atoms with Gasteiger partial charge in [-0.2, -0.15) is 0 Å². The molecule has 0 saturated carbocycles. The second-order valence-corrected chi connectivity index (χ2v) is 7.06. The molecule has 0 bridgehead atoms. The molecule has 2 heterocycles. The summed E-state index contributed by atoms with van der Waals surface area (Å²) in [5.74, 6) is -0.105. The number of carbonyl (C=O) groups excluding carboxylic acids is 3. The van der Waals surface area contributed by atoms with Gasteiger partial charge < -0.3 is 15.4 Å². The molecule has 7 nitrogen and oxygen atoms in total. The molecular formula is C17H22ClN3O4S. The third-order valence-electron chi connectivity index (χ3n) is 4.61. The number of amides is 3. The number of carbonyl (C=O) groups is 3. The van der Waals surface area contributed by atoms with Gasteiger partial charge in [-0.1, -0.05) is 23.9 Å². The maximum Gasteiger partial charge on any atom is 0.289 e. The molecule has 2 fully saturated rings. The highest BCUT2D eigenvalue weighted by Gasteiger charge is 2.39. The second kappa shape index (κ2) is 8.85. The zero-order valence-corrected chi connectivity index (χ0v) is 16.1. The van der Waals surface area contributed by atoms with Crippen molar-refractivity contribution in [2.24, 2.45) is 0 Å². The van der Waals surface area contributed by atoms with Crippen LogP contribution in [0.2, 0.25) is 0 Å². The summed E-state index contributed by atoms with van der Waals surface area (Å²) in [6.45, 7) is 1.75. The SMILES string of the molecule is COC1(C(=O)Nc2ccc(CN3C(=O)CSC3=O)cc2)CCNCC1.Cl. The van der Waals surface area contributed by atoms with Gasteiger partial charge >= 0.3 is 0 Å². The number of hydrogen-bond acceptors (Lipinski definition) is 6. The van der Waals surface area contributed by atoms with E-state index < -0.39 is 5.60 Å². The second-order valence-electron chi connectivity index (χ2n) is 6.13. The van der Waals surface area contributed by atoms with Gasteiger partial charge in [0.25, 0.3) is 11.1 Å². The van der Waals surface area contributed by atoms with E-state index in [0.29, 0.717) is 18.5 Å². The van der Waals surface area contributed by atoms with Crippen molar-refractivity contribution in [3.63, 3.8) is 0 Å². The average Bonchev–Trinajstić information content (AvgIpc) is 2.95. The van der Waals surface area contributed by atoms with Crippen LogP contribution in [-0.4, -0.2) is 53.5 Å². The molecule has 0 spiro atoms. The molecule has 2 aliphatic heterocycles. The zero-order valence-electron chi connectivity index (χ0n) is 14.4. The Labute approximate surface area is 162 Å². The molecule has 1 aromatic carbocycles. The van der Waals surface area contributed by atoms with Crippen molar-refractivity contribution in [3.8, 4) is 0 Å². The fourth-order valence-electron chi connectivity index (χ4n) is 3.01. The Morgan fingerprint density at radius 3 is 2.46 bits per heavy atom. The number of hydrogen-bond donors (Lipinski definition) is 2. The molecular weight excluding hydrogens is 378 g/mol. The molecule has 3 rings (SSSR count). The van der Waals surface area contributed by atoms with E-state index >= 15 is 0 Å². The highest BCUT2D eigenvalue weighted by Crippen LogP contribution is 2.25. The van der Waals surface area contributed by atoms with Gasteiger partial charge in [-0.3, -0.25) is 19.3 Å². The van der Waals surface area contributed by atoms with E-state index in [0.717, 1.165) is 30.4 Å². The molecule has 2 saturated heterocycles. The highest BCUT2D eigenvalue weighted by atomic mass is 35.5. The van der Waals surface area contributed by atoms with Crippen LogP contribution in [0.25, 0.3) is 0 Å². The smallest absolute Gasteiger partial charge is 0.289 e. The Hall–Kier alpha value is -1.61. The van der Waals surface area contributed by atoms with Crippen LogP contribution < -0.4 is 10.6 Å². The van der Waals surface area contributed by atoms with Crippen molar-refractivity contribution < 1.29 is 19.1 Å². The summed E-state index contributed by atoms with van der Waals surface area (Å²) in [5.41, 5.74) is 0.706. The number of thioether (sulfide) groups is 1. The van der Waals surface area contributed by atoms with Crippen LogP contribution in [0.5, 0.6) is 0 Å². The number of rotatable bonds is 5. The van der Waals surface area contributed by atoms with Crippen LogP contribution in [0.4, 0.5) is 10.5 Å². The summed E-state index contributed by atoms with van der Waals surface area (Å²) in [4.78, 5) is 37.1. The quantitative estimate of drug-likeness (QED) is 0.787. The van der Waals surface area contributed by atoms with Crippen molar-refractivity contribution >= 4 is 46.9 Å². The molecule has 0 unspecified atom stereocenters. The lowest BCUT2D eigenvalue weighted by molar-refractivity contribution is -0.140. The Morgan fingerprint density at radius 1 is 1.27 bits per heavy atom. The summed E-state index contributed by atoms with van der Waals surface area (Å²) in [5, 5.41) is 5.91. The largest absolute Gasteiger partial charge is 0.368 e. The van der Waals surface area contributed by atoms with E-state index in [-0.39, 0.29) is 41.8 Å².